The smallest absolute Gasteiger partial charge is 0.164 e. The minimum Gasteiger partial charge on any atom is -0.456 e. The molecule has 4 nitrogen and oxygen atoms in total. The normalized spacial score (nSPS) is 11.4. The molecule has 7 aromatic carbocycles. The Kier molecular flexibility index (Phi) is 6.43. The standard InChI is InChI=1S/C43H27N3O/c1-4-14-28(15-5-1)37-26-31(27-39-40(37)36-22-12-13-23-38(36)47-39)32-24-25-35(34-21-11-10-20-33(32)34)43-45-41(29-16-6-2-7-17-29)44-42(46-43)30-18-8-3-9-19-30/h1-27H. The van der Waals surface area contributed by atoms with Crippen LogP contribution < -0.4 is 0 Å². The molecule has 0 unspecified atom stereocenters. The Morgan fingerprint density at radius 1 is 0.319 bits per heavy atom. The van der Waals surface area contributed by atoms with Crippen LogP contribution in [0.3, 0.4) is 0 Å². The molecule has 0 fully saturated rings. The maximum absolute atomic E-state index is 6.47. The molecule has 220 valence electrons. The summed E-state index contributed by atoms with van der Waals surface area (Å²) in [6.07, 6.45) is 0. The van der Waals surface area contributed by atoms with E-state index in [1.807, 2.05) is 72.8 Å². The lowest BCUT2D eigenvalue weighted by molar-refractivity contribution is 0.669. The highest BCUT2D eigenvalue weighted by atomic mass is 16.3. The van der Waals surface area contributed by atoms with Crippen LogP contribution in [0.2, 0.25) is 0 Å². The third-order valence-corrected chi connectivity index (χ3v) is 8.74. The monoisotopic (exact) mass is 601 g/mol. The van der Waals surface area contributed by atoms with E-state index in [0.717, 1.165) is 71.7 Å². The highest BCUT2D eigenvalue weighted by Gasteiger charge is 2.19. The second-order valence-electron chi connectivity index (χ2n) is 11.6. The summed E-state index contributed by atoms with van der Waals surface area (Å²) in [6.45, 7) is 0. The van der Waals surface area contributed by atoms with Crippen molar-refractivity contribution in [1.82, 2.24) is 15.0 Å². The van der Waals surface area contributed by atoms with Gasteiger partial charge < -0.3 is 4.42 Å². The zero-order valence-corrected chi connectivity index (χ0v) is 25.3. The van der Waals surface area contributed by atoms with Gasteiger partial charge in [0, 0.05) is 27.5 Å². The molecule has 0 saturated heterocycles. The van der Waals surface area contributed by atoms with E-state index in [1.165, 1.54) is 0 Å². The van der Waals surface area contributed by atoms with Crippen LogP contribution in [-0.4, -0.2) is 15.0 Å². The van der Waals surface area contributed by atoms with Gasteiger partial charge in [0.05, 0.1) is 0 Å². The van der Waals surface area contributed by atoms with E-state index in [9.17, 15) is 0 Å². The first kappa shape index (κ1) is 27.0. The molecule has 4 heteroatoms. The van der Waals surface area contributed by atoms with E-state index in [1.54, 1.807) is 0 Å². The van der Waals surface area contributed by atoms with Crippen molar-refractivity contribution in [2.24, 2.45) is 0 Å². The molecule has 0 aliphatic rings. The SMILES string of the molecule is c1ccc(-c2nc(-c3ccccc3)nc(-c3ccc(-c4cc(-c5ccccc5)c5c(c4)oc4ccccc45)c4ccccc34)n2)cc1. The lowest BCUT2D eigenvalue weighted by atomic mass is 9.91. The molecule has 0 saturated carbocycles. The van der Waals surface area contributed by atoms with Crippen LogP contribution in [0.5, 0.6) is 0 Å². The van der Waals surface area contributed by atoms with Crippen molar-refractivity contribution in [2.75, 3.05) is 0 Å². The summed E-state index contributed by atoms with van der Waals surface area (Å²) in [5.41, 5.74) is 9.10. The lowest BCUT2D eigenvalue weighted by Gasteiger charge is -2.14. The van der Waals surface area contributed by atoms with Crippen molar-refractivity contribution in [3.05, 3.63) is 164 Å². The number of nitrogens with zero attached hydrogens (tertiary/aromatic N) is 3. The Morgan fingerprint density at radius 2 is 0.809 bits per heavy atom. The third kappa shape index (κ3) is 4.75. The average molecular weight is 602 g/mol. The van der Waals surface area contributed by atoms with E-state index in [-0.39, 0.29) is 0 Å². The summed E-state index contributed by atoms with van der Waals surface area (Å²) in [5.74, 6) is 1.93. The van der Waals surface area contributed by atoms with Gasteiger partial charge in [-0.05, 0) is 57.3 Å². The Balaban J connectivity index is 1.27. The fourth-order valence-electron chi connectivity index (χ4n) is 6.53. The van der Waals surface area contributed by atoms with Crippen molar-refractivity contribution < 1.29 is 4.42 Å². The van der Waals surface area contributed by atoms with Crippen molar-refractivity contribution in [3.8, 4) is 56.4 Å². The van der Waals surface area contributed by atoms with E-state index in [2.05, 4.69) is 91.0 Å². The van der Waals surface area contributed by atoms with Gasteiger partial charge in [0.15, 0.2) is 17.5 Å². The summed E-state index contributed by atoms with van der Waals surface area (Å²) in [6, 6.07) is 56.3. The van der Waals surface area contributed by atoms with Gasteiger partial charge in [0.1, 0.15) is 11.2 Å². The Morgan fingerprint density at radius 3 is 1.45 bits per heavy atom. The maximum Gasteiger partial charge on any atom is 0.164 e. The fraction of sp³-hybridized carbons (Fsp3) is 0. The Hall–Kier alpha value is -6.39. The zero-order chi connectivity index (χ0) is 31.2. The number of hydrogen-bond donors (Lipinski definition) is 0. The van der Waals surface area contributed by atoms with Gasteiger partial charge >= 0.3 is 0 Å². The highest BCUT2D eigenvalue weighted by molar-refractivity contribution is 6.15. The first-order valence-corrected chi connectivity index (χ1v) is 15.7. The van der Waals surface area contributed by atoms with E-state index in [0.29, 0.717) is 17.5 Å². The summed E-state index contributed by atoms with van der Waals surface area (Å²) < 4.78 is 6.47. The molecule has 0 bridgehead atoms. The Bertz CT molecular complexity index is 2500. The van der Waals surface area contributed by atoms with Gasteiger partial charge in [0.2, 0.25) is 0 Å². The maximum atomic E-state index is 6.47. The van der Waals surface area contributed by atoms with Gasteiger partial charge in [-0.25, -0.2) is 15.0 Å². The summed E-state index contributed by atoms with van der Waals surface area (Å²) in [4.78, 5) is 15.0. The Labute approximate surface area is 271 Å². The molecule has 0 radical (unpaired) electrons. The minimum absolute atomic E-state index is 0.637. The molecule has 0 N–H and O–H groups in total. The van der Waals surface area contributed by atoms with Crippen LogP contribution in [0, 0.1) is 0 Å². The van der Waals surface area contributed by atoms with Crippen LogP contribution in [0.1, 0.15) is 0 Å². The average Bonchev–Trinajstić information content (AvgIpc) is 3.53. The first-order chi connectivity index (χ1) is 23.3. The second kappa shape index (κ2) is 11.2. The van der Waals surface area contributed by atoms with Gasteiger partial charge in [-0.2, -0.15) is 0 Å². The number of benzene rings is 7. The third-order valence-electron chi connectivity index (χ3n) is 8.74. The van der Waals surface area contributed by atoms with Gasteiger partial charge in [-0.3, -0.25) is 0 Å². The molecule has 2 aromatic heterocycles. The first-order valence-electron chi connectivity index (χ1n) is 15.7. The van der Waals surface area contributed by atoms with Crippen molar-refractivity contribution in [1.29, 1.82) is 0 Å². The van der Waals surface area contributed by atoms with E-state index in [4.69, 9.17) is 19.4 Å². The number of rotatable bonds is 5. The molecule has 47 heavy (non-hydrogen) atoms. The second-order valence-corrected chi connectivity index (χ2v) is 11.6. The minimum atomic E-state index is 0.637. The fourth-order valence-corrected chi connectivity index (χ4v) is 6.53. The van der Waals surface area contributed by atoms with Crippen LogP contribution in [0.15, 0.2) is 168 Å². The molecule has 9 aromatic rings. The number of para-hydroxylation sites is 1. The number of hydrogen-bond acceptors (Lipinski definition) is 4. The van der Waals surface area contributed by atoms with Crippen LogP contribution in [0.25, 0.3) is 89.1 Å². The summed E-state index contributed by atoms with van der Waals surface area (Å²) >= 11 is 0. The molecule has 0 atom stereocenters. The topological polar surface area (TPSA) is 51.8 Å². The molecule has 9 rings (SSSR count). The van der Waals surface area contributed by atoms with E-state index >= 15 is 0 Å². The summed E-state index contributed by atoms with van der Waals surface area (Å²) in [7, 11) is 0. The molecule has 0 spiro atoms. The van der Waals surface area contributed by atoms with Gasteiger partial charge in [0.25, 0.3) is 0 Å². The van der Waals surface area contributed by atoms with Crippen LogP contribution in [-0.2, 0) is 0 Å². The molecular weight excluding hydrogens is 574 g/mol. The quantitative estimate of drug-likeness (QED) is 0.197. The predicted molar refractivity (Wildman–Crippen MR) is 192 cm³/mol. The molecule has 2 heterocycles. The predicted octanol–water partition coefficient (Wildman–Crippen LogP) is 11.3. The van der Waals surface area contributed by atoms with Crippen LogP contribution >= 0.6 is 0 Å². The number of furan rings is 1. The summed E-state index contributed by atoms with van der Waals surface area (Å²) in [5, 5.41) is 4.43. The van der Waals surface area contributed by atoms with Crippen molar-refractivity contribution in [2.45, 2.75) is 0 Å². The molecule has 0 aliphatic heterocycles. The number of aromatic nitrogens is 3. The van der Waals surface area contributed by atoms with E-state index < -0.39 is 0 Å². The van der Waals surface area contributed by atoms with Gasteiger partial charge in [-0.15, -0.1) is 0 Å². The molecule has 0 aliphatic carbocycles. The highest BCUT2D eigenvalue weighted by Crippen LogP contribution is 2.42. The van der Waals surface area contributed by atoms with Gasteiger partial charge in [-0.1, -0.05) is 140 Å². The molecule has 0 amide bonds. The largest absolute Gasteiger partial charge is 0.456 e. The van der Waals surface area contributed by atoms with Crippen LogP contribution in [0.4, 0.5) is 0 Å². The van der Waals surface area contributed by atoms with Crippen molar-refractivity contribution in [3.63, 3.8) is 0 Å². The number of fused-ring (bicyclic) bond motifs is 4. The zero-order valence-electron chi connectivity index (χ0n) is 25.3. The van der Waals surface area contributed by atoms with Crippen molar-refractivity contribution >= 4 is 32.7 Å². The lowest BCUT2D eigenvalue weighted by Crippen LogP contribution is -2.00. The molecular formula is C43H27N3O.